The fourth-order valence-corrected chi connectivity index (χ4v) is 5.39. The van der Waals surface area contributed by atoms with E-state index in [0.29, 0.717) is 22.9 Å². The maximum absolute atomic E-state index is 13.5. The Hall–Kier alpha value is -3.03. The minimum absolute atomic E-state index is 0.0915. The number of benzene rings is 3. The zero-order valence-corrected chi connectivity index (χ0v) is 19.9. The highest BCUT2D eigenvalue weighted by Crippen LogP contribution is 2.37. The highest BCUT2D eigenvalue weighted by atomic mass is 35.5. The van der Waals surface area contributed by atoms with Crippen LogP contribution in [0.25, 0.3) is 0 Å². The number of nitrogens with zero attached hydrogens (tertiary/aromatic N) is 1. The average Bonchev–Trinajstić information content (AvgIpc) is 2.82. The molecule has 0 unspecified atom stereocenters. The van der Waals surface area contributed by atoms with Crippen LogP contribution in [0.4, 0.5) is 5.69 Å². The highest BCUT2D eigenvalue weighted by Gasteiger charge is 2.38. The number of aryl methyl sites for hydroxylation is 1. The number of para-hydroxylation sites is 2. The van der Waals surface area contributed by atoms with Crippen molar-refractivity contribution in [3.63, 3.8) is 0 Å². The summed E-state index contributed by atoms with van der Waals surface area (Å²) in [7, 11) is -3.93. The number of anilines is 1. The molecule has 0 saturated carbocycles. The van der Waals surface area contributed by atoms with E-state index in [1.807, 2.05) is 38.1 Å². The van der Waals surface area contributed by atoms with Gasteiger partial charge in [-0.25, -0.2) is 8.42 Å². The number of hydrogen-bond acceptors (Lipinski definition) is 4. The van der Waals surface area contributed by atoms with Crippen molar-refractivity contribution >= 4 is 33.2 Å². The van der Waals surface area contributed by atoms with E-state index < -0.39 is 16.1 Å². The van der Waals surface area contributed by atoms with Gasteiger partial charge in [0, 0.05) is 5.02 Å². The largest absolute Gasteiger partial charge is 0.476 e. The zero-order valence-electron chi connectivity index (χ0n) is 18.4. The Kier molecular flexibility index (Phi) is 6.63. The smallest absolute Gasteiger partial charge is 0.264 e. The van der Waals surface area contributed by atoms with Gasteiger partial charge in [0.1, 0.15) is 5.75 Å². The third-order valence-corrected chi connectivity index (χ3v) is 7.68. The van der Waals surface area contributed by atoms with Crippen molar-refractivity contribution in [1.82, 2.24) is 5.32 Å². The van der Waals surface area contributed by atoms with Gasteiger partial charge in [0.15, 0.2) is 6.10 Å². The number of rotatable bonds is 6. The molecule has 0 spiro atoms. The van der Waals surface area contributed by atoms with Crippen LogP contribution in [0, 0.1) is 6.92 Å². The molecule has 0 aliphatic carbocycles. The molecule has 6 nitrogen and oxygen atoms in total. The molecule has 4 rings (SSSR count). The van der Waals surface area contributed by atoms with Gasteiger partial charge in [0.05, 0.1) is 23.2 Å². The van der Waals surface area contributed by atoms with E-state index in [2.05, 4.69) is 5.32 Å². The second-order valence-electron chi connectivity index (χ2n) is 7.94. The Labute approximate surface area is 199 Å². The first-order chi connectivity index (χ1) is 15.8. The van der Waals surface area contributed by atoms with E-state index in [9.17, 15) is 13.2 Å². The summed E-state index contributed by atoms with van der Waals surface area (Å²) in [6, 6.07) is 20.5. The van der Waals surface area contributed by atoms with Gasteiger partial charge in [-0.05, 0) is 55.3 Å². The number of carbonyl (C=O) groups excluding carboxylic acids is 1. The molecule has 3 aromatic carbocycles. The van der Waals surface area contributed by atoms with Crippen LogP contribution in [0.2, 0.25) is 5.02 Å². The number of ether oxygens (including phenoxy) is 1. The molecular formula is C25H25ClN2O4S. The monoisotopic (exact) mass is 484 g/mol. The first-order valence-electron chi connectivity index (χ1n) is 10.7. The van der Waals surface area contributed by atoms with Crippen LogP contribution in [0.1, 0.15) is 30.5 Å². The van der Waals surface area contributed by atoms with Gasteiger partial charge in [-0.15, -0.1) is 0 Å². The second kappa shape index (κ2) is 9.45. The molecule has 1 aliphatic heterocycles. The molecule has 3 aromatic rings. The maximum Gasteiger partial charge on any atom is 0.264 e. The molecule has 172 valence electrons. The maximum atomic E-state index is 13.5. The fraction of sp³-hybridized carbons (Fsp3) is 0.240. The molecular weight excluding hydrogens is 460 g/mol. The van der Waals surface area contributed by atoms with Crippen LogP contribution in [-0.2, 0) is 14.8 Å². The van der Waals surface area contributed by atoms with Gasteiger partial charge in [-0.3, -0.25) is 9.10 Å². The summed E-state index contributed by atoms with van der Waals surface area (Å²) < 4.78 is 34.1. The summed E-state index contributed by atoms with van der Waals surface area (Å²) in [6.45, 7) is 3.85. The molecule has 0 saturated heterocycles. The molecule has 1 aliphatic rings. The third kappa shape index (κ3) is 4.84. The fourth-order valence-electron chi connectivity index (χ4n) is 3.78. The summed E-state index contributed by atoms with van der Waals surface area (Å²) >= 11 is 5.93. The molecule has 0 fully saturated rings. The lowest BCUT2D eigenvalue weighted by Gasteiger charge is -2.35. The minimum atomic E-state index is -3.93. The predicted molar refractivity (Wildman–Crippen MR) is 129 cm³/mol. The molecule has 0 radical (unpaired) electrons. The molecule has 33 heavy (non-hydrogen) atoms. The lowest BCUT2D eigenvalue weighted by molar-refractivity contribution is -0.128. The van der Waals surface area contributed by atoms with E-state index in [1.54, 1.807) is 24.3 Å². The molecule has 1 heterocycles. The number of hydrogen-bond donors (Lipinski definition) is 1. The summed E-state index contributed by atoms with van der Waals surface area (Å²) in [6.07, 6.45) is -0.313. The van der Waals surface area contributed by atoms with Gasteiger partial charge < -0.3 is 10.1 Å². The van der Waals surface area contributed by atoms with Crippen molar-refractivity contribution in [3.05, 3.63) is 88.9 Å². The van der Waals surface area contributed by atoms with Crippen molar-refractivity contribution in [2.75, 3.05) is 10.8 Å². The third-order valence-electron chi connectivity index (χ3n) is 5.63. The Morgan fingerprint density at radius 3 is 2.42 bits per heavy atom. The van der Waals surface area contributed by atoms with E-state index in [1.165, 1.54) is 28.6 Å². The topological polar surface area (TPSA) is 75.7 Å². The van der Waals surface area contributed by atoms with E-state index in [0.717, 1.165) is 11.1 Å². The van der Waals surface area contributed by atoms with Crippen molar-refractivity contribution in [3.8, 4) is 5.75 Å². The van der Waals surface area contributed by atoms with Crippen LogP contribution < -0.4 is 14.4 Å². The van der Waals surface area contributed by atoms with Crippen LogP contribution in [0.15, 0.2) is 77.7 Å². The standard InChI is InChI=1S/C25H25ClN2O4S/c1-3-21(18-10-8-17(2)9-11-18)27-25(29)24-16-28(22-6-4-5-7-23(22)32-24)33(30,31)20-14-12-19(26)13-15-20/h4-15,21,24H,3,16H2,1-2H3,(H,27,29)/t21-,24+/m1/s1. The SMILES string of the molecule is CC[C@@H](NC(=O)[C@@H]1CN(S(=O)(=O)c2ccc(Cl)cc2)c2ccccc2O1)c1ccc(C)cc1. The molecule has 0 bridgehead atoms. The lowest BCUT2D eigenvalue weighted by atomic mass is 10.0. The predicted octanol–water partition coefficient (Wildman–Crippen LogP) is 4.87. The van der Waals surface area contributed by atoms with Crippen LogP contribution in [0.5, 0.6) is 5.75 Å². The van der Waals surface area contributed by atoms with Gasteiger partial charge in [-0.2, -0.15) is 0 Å². The van der Waals surface area contributed by atoms with Gasteiger partial charge in [0.25, 0.3) is 15.9 Å². The first-order valence-corrected chi connectivity index (χ1v) is 12.5. The zero-order chi connectivity index (χ0) is 23.6. The highest BCUT2D eigenvalue weighted by molar-refractivity contribution is 7.92. The van der Waals surface area contributed by atoms with Gasteiger partial charge >= 0.3 is 0 Å². The van der Waals surface area contributed by atoms with Gasteiger partial charge in [0.2, 0.25) is 0 Å². The molecule has 2 atom stereocenters. The average molecular weight is 485 g/mol. The number of carbonyl (C=O) groups is 1. The Balaban J connectivity index is 1.62. The molecule has 1 amide bonds. The lowest BCUT2D eigenvalue weighted by Crippen LogP contribution is -2.51. The molecule has 0 aromatic heterocycles. The van der Waals surface area contributed by atoms with Crippen molar-refractivity contribution < 1.29 is 17.9 Å². The first kappa shape index (κ1) is 23.1. The number of sulfonamides is 1. The van der Waals surface area contributed by atoms with Crippen LogP contribution in [-0.4, -0.2) is 27.0 Å². The second-order valence-corrected chi connectivity index (χ2v) is 10.2. The van der Waals surface area contributed by atoms with E-state index in [4.69, 9.17) is 16.3 Å². The summed E-state index contributed by atoms with van der Waals surface area (Å²) in [5, 5.41) is 3.46. The molecule has 1 N–H and O–H groups in total. The summed E-state index contributed by atoms with van der Waals surface area (Å²) in [5.41, 5.74) is 2.51. The van der Waals surface area contributed by atoms with Crippen molar-refractivity contribution in [2.24, 2.45) is 0 Å². The van der Waals surface area contributed by atoms with Crippen LogP contribution in [0.3, 0.4) is 0 Å². The minimum Gasteiger partial charge on any atom is -0.476 e. The number of fused-ring (bicyclic) bond motifs is 1. The van der Waals surface area contributed by atoms with Crippen molar-refractivity contribution in [1.29, 1.82) is 0 Å². The number of nitrogens with one attached hydrogen (secondary N) is 1. The van der Waals surface area contributed by atoms with E-state index >= 15 is 0 Å². The van der Waals surface area contributed by atoms with E-state index in [-0.39, 0.29) is 23.4 Å². The van der Waals surface area contributed by atoms with Gasteiger partial charge in [-0.1, -0.05) is 60.5 Å². The normalized spacial score (nSPS) is 16.5. The number of halogens is 1. The van der Waals surface area contributed by atoms with Crippen molar-refractivity contribution in [2.45, 2.75) is 37.3 Å². The molecule has 8 heteroatoms. The summed E-state index contributed by atoms with van der Waals surface area (Å²) in [4.78, 5) is 13.3. The Morgan fingerprint density at radius 2 is 1.76 bits per heavy atom. The number of amides is 1. The Bertz CT molecular complexity index is 1240. The Morgan fingerprint density at radius 1 is 1.09 bits per heavy atom. The van der Waals surface area contributed by atoms with Crippen LogP contribution >= 0.6 is 11.6 Å². The summed E-state index contributed by atoms with van der Waals surface area (Å²) in [5.74, 6) is -0.0296. The quantitative estimate of drug-likeness (QED) is 0.541.